The minimum atomic E-state index is -3.77. The van der Waals surface area contributed by atoms with Gasteiger partial charge in [0.15, 0.2) is 0 Å². The molecule has 34 heavy (non-hydrogen) atoms. The van der Waals surface area contributed by atoms with Gasteiger partial charge in [0.1, 0.15) is 12.1 Å². The van der Waals surface area contributed by atoms with E-state index in [1.807, 2.05) is 36.8 Å². The highest BCUT2D eigenvalue weighted by molar-refractivity contribution is 7.98. The molecule has 0 bridgehead atoms. The van der Waals surface area contributed by atoms with E-state index in [1.165, 1.54) is 11.8 Å². The molecule has 2 amide bonds. The number of hydrazine groups is 1. The zero-order chi connectivity index (χ0) is 24.8. The summed E-state index contributed by atoms with van der Waals surface area (Å²) in [5.41, 5.74) is 6.79. The number of carbonyl (C=O) groups excluding carboxylic acids is 2. The van der Waals surface area contributed by atoms with E-state index in [1.54, 1.807) is 48.2 Å². The number of thioether (sulfide) groups is 2. The third-order valence-electron chi connectivity index (χ3n) is 4.80. The number of anilines is 1. The van der Waals surface area contributed by atoms with Crippen molar-refractivity contribution in [1.29, 1.82) is 0 Å². The molecule has 11 heteroatoms. The predicted octanol–water partition coefficient (Wildman–Crippen LogP) is 2.61. The Bertz CT molecular complexity index is 992. The molecule has 0 aliphatic rings. The second kappa shape index (κ2) is 14.9. The number of benzene rings is 2. The molecule has 0 aromatic heterocycles. The summed E-state index contributed by atoms with van der Waals surface area (Å²) in [4.78, 5) is 25.9. The summed E-state index contributed by atoms with van der Waals surface area (Å²) in [6, 6.07) is 16.1. The molecule has 0 spiro atoms. The molecule has 186 valence electrons. The fourth-order valence-corrected chi connectivity index (χ4v) is 5.37. The van der Waals surface area contributed by atoms with Gasteiger partial charge in [-0.1, -0.05) is 48.5 Å². The monoisotopic (exact) mass is 524 g/mol. The zero-order valence-corrected chi connectivity index (χ0v) is 21.8. The maximum absolute atomic E-state index is 13.1. The highest BCUT2D eigenvalue weighted by Crippen LogP contribution is 2.10. The second-order valence-corrected chi connectivity index (χ2v) is 11.2. The Labute approximate surface area is 210 Å². The fourth-order valence-electron chi connectivity index (χ4n) is 3.05. The molecule has 0 fully saturated rings. The Morgan fingerprint density at radius 3 is 1.97 bits per heavy atom. The van der Waals surface area contributed by atoms with Gasteiger partial charge in [0, 0.05) is 0 Å². The van der Waals surface area contributed by atoms with Crippen LogP contribution in [0.2, 0.25) is 0 Å². The van der Waals surface area contributed by atoms with Crippen molar-refractivity contribution in [2.45, 2.75) is 30.7 Å². The van der Waals surface area contributed by atoms with Crippen LogP contribution in [0.4, 0.5) is 5.69 Å². The van der Waals surface area contributed by atoms with Crippen molar-refractivity contribution in [3.05, 3.63) is 66.2 Å². The van der Waals surface area contributed by atoms with Crippen molar-refractivity contribution in [1.82, 2.24) is 15.5 Å². The summed E-state index contributed by atoms with van der Waals surface area (Å²) in [7, 11) is -3.77. The number of carbonyl (C=O) groups is 2. The lowest BCUT2D eigenvalue weighted by atomic mass is 10.1. The summed E-state index contributed by atoms with van der Waals surface area (Å²) in [6.07, 6.45) is 4.51. The van der Waals surface area contributed by atoms with E-state index in [4.69, 9.17) is 0 Å². The van der Waals surface area contributed by atoms with Gasteiger partial charge in [-0.2, -0.15) is 23.5 Å². The Morgan fingerprint density at radius 1 is 0.824 bits per heavy atom. The molecule has 2 aromatic carbocycles. The van der Waals surface area contributed by atoms with Gasteiger partial charge in [0.05, 0.1) is 11.4 Å². The maximum Gasteiger partial charge on any atom is 0.260 e. The van der Waals surface area contributed by atoms with Gasteiger partial charge in [-0.3, -0.25) is 20.4 Å². The Kier molecular flexibility index (Phi) is 12.3. The first-order valence-corrected chi connectivity index (χ1v) is 15.2. The van der Waals surface area contributed by atoms with Crippen LogP contribution in [0, 0.1) is 0 Å². The molecule has 0 saturated carbocycles. The summed E-state index contributed by atoms with van der Waals surface area (Å²) in [6.45, 7) is 0. The van der Waals surface area contributed by atoms with Crippen LogP contribution >= 0.6 is 23.5 Å². The molecule has 2 rings (SSSR count). The SMILES string of the molecule is CSCC[C@@H](NC(=O)[C@@H](CCSC)NS(=O)(=O)Cc1ccccc1)C(=O)NNc1ccccc1. The molecule has 0 heterocycles. The first kappa shape index (κ1) is 28.0. The third-order valence-corrected chi connectivity index (χ3v) is 7.44. The van der Waals surface area contributed by atoms with Crippen LogP contribution in [0.15, 0.2) is 60.7 Å². The zero-order valence-electron chi connectivity index (χ0n) is 19.3. The van der Waals surface area contributed by atoms with Crippen LogP contribution in [-0.2, 0) is 25.4 Å². The summed E-state index contributed by atoms with van der Waals surface area (Å²) < 4.78 is 28.0. The van der Waals surface area contributed by atoms with Gasteiger partial charge in [-0.05, 0) is 54.6 Å². The molecule has 4 N–H and O–H groups in total. The molecule has 2 aromatic rings. The van der Waals surface area contributed by atoms with Crippen LogP contribution in [0.5, 0.6) is 0 Å². The number of hydrogen-bond acceptors (Lipinski definition) is 7. The average Bonchev–Trinajstić information content (AvgIpc) is 2.83. The van der Waals surface area contributed by atoms with Crippen molar-refractivity contribution in [3.63, 3.8) is 0 Å². The third kappa shape index (κ3) is 10.4. The highest BCUT2D eigenvalue weighted by Gasteiger charge is 2.28. The van der Waals surface area contributed by atoms with Crippen molar-refractivity contribution in [2.24, 2.45) is 0 Å². The average molecular weight is 525 g/mol. The minimum Gasteiger partial charge on any atom is -0.343 e. The van der Waals surface area contributed by atoms with Crippen molar-refractivity contribution in [2.75, 3.05) is 29.4 Å². The number of amides is 2. The topological polar surface area (TPSA) is 116 Å². The largest absolute Gasteiger partial charge is 0.343 e. The first-order valence-electron chi connectivity index (χ1n) is 10.8. The van der Waals surface area contributed by atoms with Gasteiger partial charge in [-0.15, -0.1) is 0 Å². The van der Waals surface area contributed by atoms with Gasteiger partial charge in [0.2, 0.25) is 15.9 Å². The highest BCUT2D eigenvalue weighted by atomic mass is 32.2. The van der Waals surface area contributed by atoms with Crippen LogP contribution in [0.25, 0.3) is 0 Å². The molecule has 2 atom stereocenters. The van der Waals surface area contributed by atoms with Gasteiger partial charge in [0.25, 0.3) is 5.91 Å². The van der Waals surface area contributed by atoms with Crippen LogP contribution in [-0.4, -0.2) is 56.3 Å². The lowest BCUT2D eigenvalue weighted by molar-refractivity contribution is -0.129. The molecule has 0 aliphatic heterocycles. The lowest BCUT2D eigenvalue weighted by Crippen LogP contribution is -2.54. The number of sulfonamides is 1. The minimum absolute atomic E-state index is 0.228. The van der Waals surface area contributed by atoms with E-state index < -0.39 is 33.9 Å². The molecule has 0 radical (unpaired) electrons. The van der Waals surface area contributed by atoms with Crippen LogP contribution in [0.3, 0.4) is 0 Å². The first-order chi connectivity index (χ1) is 16.3. The fraction of sp³-hybridized carbons (Fsp3) is 0.391. The maximum atomic E-state index is 13.1. The summed E-state index contributed by atoms with van der Waals surface area (Å²) in [5.74, 6) is 0.0878. The van der Waals surface area contributed by atoms with Crippen molar-refractivity contribution in [3.8, 4) is 0 Å². The smallest absolute Gasteiger partial charge is 0.260 e. The number of nitrogens with one attached hydrogen (secondary N) is 4. The lowest BCUT2D eigenvalue weighted by Gasteiger charge is -2.23. The molecular formula is C23H32N4O4S3. The second-order valence-electron chi connectivity index (χ2n) is 7.52. The van der Waals surface area contributed by atoms with E-state index in [0.717, 1.165) is 0 Å². The van der Waals surface area contributed by atoms with E-state index in [0.29, 0.717) is 35.6 Å². The van der Waals surface area contributed by atoms with E-state index in [9.17, 15) is 18.0 Å². The van der Waals surface area contributed by atoms with Crippen molar-refractivity contribution < 1.29 is 18.0 Å². The molecule has 0 aliphatic carbocycles. The Hall–Kier alpha value is -2.21. The van der Waals surface area contributed by atoms with Gasteiger partial charge in [-0.25, -0.2) is 13.1 Å². The Balaban J connectivity index is 2.06. The molecular weight excluding hydrogens is 492 g/mol. The van der Waals surface area contributed by atoms with Crippen LogP contribution < -0.4 is 20.9 Å². The molecule has 8 nitrogen and oxygen atoms in total. The normalized spacial score (nSPS) is 13.0. The van der Waals surface area contributed by atoms with Gasteiger partial charge >= 0.3 is 0 Å². The van der Waals surface area contributed by atoms with Crippen molar-refractivity contribution >= 4 is 51.0 Å². The van der Waals surface area contributed by atoms with Crippen LogP contribution in [0.1, 0.15) is 18.4 Å². The van der Waals surface area contributed by atoms with Gasteiger partial charge < -0.3 is 5.32 Å². The Morgan fingerprint density at radius 2 is 1.38 bits per heavy atom. The van der Waals surface area contributed by atoms with E-state index in [-0.39, 0.29) is 5.75 Å². The predicted molar refractivity (Wildman–Crippen MR) is 142 cm³/mol. The molecule has 0 unspecified atom stereocenters. The van der Waals surface area contributed by atoms with E-state index >= 15 is 0 Å². The standard InChI is InChI=1S/C23H32N4O4S3/c1-32-15-13-20(23(29)26-25-19-11-7-4-8-12-19)24-22(28)21(14-16-33-2)27-34(30,31)17-18-9-5-3-6-10-18/h3-12,20-21,25,27H,13-17H2,1-2H3,(H,24,28)(H,26,29)/t20-,21-/m1/s1. The molecule has 0 saturated heterocycles. The number of rotatable bonds is 15. The number of para-hydroxylation sites is 1. The summed E-state index contributed by atoms with van der Waals surface area (Å²) >= 11 is 3.07. The van der Waals surface area contributed by atoms with E-state index in [2.05, 4.69) is 20.9 Å². The quantitative estimate of drug-likeness (QED) is 0.265. The summed E-state index contributed by atoms with van der Waals surface area (Å²) in [5, 5.41) is 2.74. The number of hydrogen-bond donors (Lipinski definition) is 4.